The van der Waals surface area contributed by atoms with Gasteiger partial charge in [-0.25, -0.2) is 4.98 Å². The molecule has 3 fully saturated rings. The minimum Gasteiger partial charge on any atom is -0.371 e. The van der Waals surface area contributed by atoms with Crippen molar-refractivity contribution in [3.63, 3.8) is 0 Å². The number of aliphatic hydroxyl groups is 1. The Balaban J connectivity index is 1.48. The lowest BCUT2D eigenvalue weighted by Gasteiger charge is -2.33. The summed E-state index contributed by atoms with van der Waals surface area (Å²) in [5.41, 5.74) is 6.79. The molecule has 3 aliphatic carbocycles. The lowest BCUT2D eigenvalue weighted by molar-refractivity contribution is 0.0314. The van der Waals surface area contributed by atoms with Crippen LogP contribution in [0.5, 0.6) is 0 Å². The second-order valence-electron chi connectivity index (χ2n) is 9.63. The summed E-state index contributed by atoms with van der Waals surface area (Å²) in [5, 5.41) is 18.0. The Morgan fingerprint density at radius 2 is 1.70 bits per heavy atom. The number of anilines is 2. The van der Waals surface area contributed by atoms with Crippen LogP contribution in [-0.4, -0.2) is 42.4 Å². The molecule has 0 amide bonds. The molecule has 0 aromatic carbocycles. The van der Waals surface area contributed by atoms with Crippen LogP contribution in [0.2, 0.25) is 0 Å². The van der Waals surface area contributed by atoms with Gasteiger partial charge in [0.05, 0.1) is 6.33 Å². The smallest absolute Gasteiger partial charge is 0.227 e. The first kappa shape index (κ1) is 20.0. The van der Waals surface area contributed by atoms with Gasteiger partial charge in [-0.1, -0.05) is 19.3 Å². The quantitative estimate of drug-likeness (QED) is 0.553. The zero-order chi connectivity index (χ0) is 20.6. The molecule has 2 aromatic heterocycles. The summed E-state index contributed by atoms with van der Waals surface area (Å²) >= 11 is 0. The predicted octanol–water partition coefficient (Wildman–Crippen LogP) is 3.69. The molecular formula is C22H35N7O. The van der Waals surface area contributed by atoms with Crippen LogP contribution in [0.3, 0.4) is 0 Å². The summed E-state index contributed by atoms with van der Waals surface area (Å²) in [7, 11) is 0. The van der Waals surface area contributed by atoms with Crippen molar-refractivity contribution in [1.29, 1.82) is 0 Å². The second kappa shape index (κ2) is 8.30. The van der Waals surface area contributed by atoms with E-state index >= 15 is 0 Å². The molecule has 2 aromatic rings. The number of nitrogens with two attached hydrogens (primary N) is 1. The summed E-state index contributed by atoms with van der Waals surface area (Å²) in [5.74, 6) is 1.28. The molecule has 0 spiro atoms. The SMILES string of the molecule is NC1CCC(Nc2nc(NC3(O)CCCCC3)c3ncn(C4CCCC4)c3n2)CC1. The second-order valence-corrected chi connectivity index (χ2v) is 9.63. The van der Waals surface area contributed by atoms with Crippen molar-refractivity contribution in [2.24, 2.45) is 5.73 Å². The highest BCUT2D eigenvalue weighted by Gasteiger charge is 2.31. The molecule has 8 heteroatoms. The van der Waals surface area contributed by atoms with E-state index in [1.165, 1.54) is 32.1 Å². The molecule has 0 aliphatic heterocycles. The molecule has 0 bridgehead atoms. The topological polar surface area (TPSA) is 114 Å². The molecule has 30 heavy (non-hydrogen) atoms. The van der Waals surface area contributed by atoms with E-state index in [9.17, 15) is 5.11 Å². The Labute approximate surface area is 178 Å². The Morgan fingerprint density at radius 3 is 2.43 bits per heavy atom. The molecule has 3 saturated carbocycles. The van der Waals surface area contributed by atoms with Crippen LogP contribution in [0.25, 0.3) is 11.2 Å². The van der Waals surface area contributed by atoms with Gasteiger partial charge in [0.1, 0.15) is 5.72 Å². The summed E-state index contributed by atoms with van der Waals surface area (Å²) in [6.45, 7) is 0. The molecule has 0 saturated heterocycles. The van der Waals surface area contributed by atoms with Crippen LogP contribution < -0.4 is 16.4 Å². The molecule has 8 nitrogen and oxygen atoms in total. The predicted molar refractivity (Wildman–Crippen MR) is 118 cm³/mol. The normalized spacial score (nSPS) is 27.4. The number of fused-ring (bicyclic) bond motifs is 1. The first-order valence-electron chi connectivity index (χ1n) is 11.9. The average molecular weight is 414 g/mol. The minimum absolute atomic E-state index is 0.313. The molecule has 0 radical (unpaired) electrons. The monoisotopic (exact) mass is 413 g/mol. The summed E-state index contributed by atoms with van der Waals surface area (Å²) in [4.78, 5) is 14.4. The van der Waals surface area contributed by atoms with Crippen molar-refractivity contribution < 1.29 is 5.11 Å². The highest BCUT2D eigenvalue weighted by atomic mass is 16.3. The van der Waals surface area contributed by atoms with Crippen molar-refractivity contribution in [2.75, 3.05) is 10.6 Å². The van der Waals surface area contributed by atoms with Crippen molar-refractivity contribution in [3.8, 4) is 0 Å². The van der Waals surface area contributed by atoms with Crippen molar-refractivity contribution >= 4 is 22.9 Å². The van der Waals surface area contributed by atoms with Gasteiger partial charge in [0.25, 0.3) is 0 Å². The highest BCUT2D eigenvalue weighted by molar-refractivity contribution is 5.84. The largest absolute Gasteiger partial charge is 0.371 e. The first-order valence-corrected chi connectivity index (χ1v) is 11.9. The first-order chi connectivity index (χ1) is 14.6. The lowest BCUT2D eigenvalue weighted by atomic mass is 9.92. The van der Waals surface area contributed by atoms with Crippen LogP contribution in [0, 0.1) is 0 Å². The molecule has 0 atom stereocenters. The van der Waals surface area contributed by atoms with Gasteiger partial charge in [-0.15, -0.1) is 0 Å². The molecule has 0 unspecified atom stereocenters. The van der Waals surface area contributed by atoms with E-state index in [1.54, 1.807) is 0 Å². The number of rotatable bonds is 5. The van der Waals surface area contributed by atoms with Crippen LogP contribution in [-0.2, 0) is 0 Å². The Bertz CT molecular complexity index is 862. The third kappa shape index (κ3) is 4.12. The number of aromatic nitrogens is 4. The van der Waals surface area contributed by atoms with E-state index in [0.717, 1.165) is 62.5 Å². The number of imidazole rings is 1. The third-order valence-corrected chi connectivity index (χ3v) is 7.28. The molecular weight excluding hydrogens is 378 g/mol. The molecule has 3 aliphatic rings. The van der Waals surface area contributed by atoms with Gasteiger partial charge < -0.3 is 26.0 Å². The van der Waals surface area contributed by atoms with Gasteiger partial charge in [-0.2, -0.15) is 9.97 Å². The van der Waals surface area contributed by atoms with Crippen LogP contribution >= 0.6 is 0 Å². The van der Waals surface area contributed by atoms with Crippen molar-refractivity contribution in [3.05, 3.63) is 6.33 Å². The Morgan fingerprint density at radius 1 is 0.967 bits per heavy atom. The van der Waals surface area contributed by atoms with Gasteiger partial charge in [0.15, 0.2) is 17.0 Å². The zero-order valence-corrected chi connectivity index (χ0v) is 17.8. The fraction of sp³-hybridized carbons (Fsp3) is 0.773. The number of nitrogens with one attached hydrogen (secondary N) is 2. The van der Waals surface area contributed by atoms with Crippen molar-refractivity contribution in [1.82, 2.24) is 19.5 Å². The van der Waals surface area contributed by atoms with E-state index in [-0.39, 0.29) is 0 Å². The maximum Gasteiger partial charge on any atom is 0.227 e. The molecule has 5 rings (SSSR count). The number of nitrogens with zero attached hydrogens (tertiary/aromatic N) is 4. The summed E-state index contributed by atoms with van der Waals surface area (Å²) in [6.07, 6.45) is 15.6. The molecule has 2 heterocycles. The standard InChI is InChI=1S/C22H35N7O/c23-15-8-10-16(11-9-15)25-21-26-19(28-22(30)12-4-1-5-13-22)18-20(27-21)29(14-24-18)17-6-2-3-7-17/h14-17,30H,1-13,23H2,(H2,25,26,27,28). The molecule has 164 valence electrons. The highest BCUT2D eigenvalue weighted by Crippen LogP contribution is 2.35. The maximum absolute atomic E-state index is 11.1. The van der Waals surface area contributed by atoms with Crippen LogP contribution in [0.15, 0.2) is 6.33 Å². The van der Waals surface area contributed by atoms with Gasteiger partial charge in [-0.05, 0) is 64.2 Å². The van der Waals surface area contributed by atoms with E-state index in [2.05, 4.69) is 20.2 Å². The van der Waals surface area contributed by atoms with Crippen LogP contribution in [0.1, 0.15) is 89.5 Å². The van der Waals surface area contributed by atoms with Crippen molar-refractivity contribution in [2.45, 2.75) is 107 Å². The maximum atomic E-state index is 11.1. The average Bonchev–Trinajstić information content (AvgIpc) is 3.40. The van der Waals surface area contributed by atoms with Gasteiger partial charge in [0, 0.05) is 18.1 Å². The zero-order valence-electron chi connectivity index (χ0n) is 17.8. The third-order valence-electron chi connectivity index (χ3n) is 7.28. The Kier molecular flexibility index (Phi) is 5.54. The van der Waals surface area contributed by atoms with E-state index < -0.39 is 5.72 Å². The number of hydrogen-bond donors (Lipinski definition) is 4. The van der Waals surface area contributed by atoms with Gasteiger partial charge >= 0.3 is 0 Å². The van der Waals surface area contributed by atoms with E-state index in [1.807, 2.05) is 6.33 Å². The van der Waals surface area contributed by atoms with E-state index in [0.29, 0.717) is 29.9 Å². The van der Waals surface area contributed by atoms with Gasteiger partial charge in [0.2, 0.25) is 5.95 Å². The number of hydrogen-bond acceptors (Lipinski definition) is 7. The van der Waals surface area contributed by atoms with Crippen LogP contribution in [0.4, 0.5) is 11.8 Å². The summed E-state index contributed by atoms with van der Waals surface area (Å²) in [6, 6.07) is 1.11. The lowest BCUT2D eigenvalue weighted by Crippen LogP contribution is -2.40. The fourth-order valence-electron chi connectivity index (χ4n) is 5.45. The minimum atomic E-state index is -0.911. The molecule has 5 N–H and O–H groups in total. The fourth-order valence-corrected chi connectivity index (χ4v) is 5.45. The Hall–Kier alpha value is -1.93. The van der Waals surface area contributed by atoms with Gasteiger partial charge in [-0.3, -0.25) is 0 Å². The van der Waals surface area contributed by atoms with E-state index in [4.69, 9.17) is 15.7 Å². The summed E-state index contributed by atoms with van der Waals surface area (Å²) < 4.78 is 2.22.